The first-order valence-electron chi connectivity index (χ1n) is 4.97. The second-order valence-electron chi connectivity index (χ2n) is 3.84. The van der Waals surface area contributed by atoms with Gasteiger partial charge < -0.3 is 9.80 Å². The summed E-state index contributed by atoms with van der Waals surface area (Å²) in [5.41, 5.74) is 0.274. The van der Waals surface area contributed by atoms with E-state index in [-0.39, 0.29) is 5.69 Å². The van der Waals surface area contributed by atoms with Gasteiger partial charge in [-0.25, -0.2) is 4.98 Å². The monoisotopic (exact) mass is 238 g/mol. The number of nitrogens with zero attached hydrogens (tertiary/aromatic N) is 4. The fourth-order valence-corrected chi connectivity index (χ4v) is 1.33. The Labute approximate surface area is 101 Å². The van der Waals surface area contributed by atoms with Gasteiger partial charge in [0.2, 0.25) is 0 Å². The van der Waals surface area contributed by atoms with Gasteiger partial charge in [-0.15, -0.1) is 0 Å². The first kappa shape index (κ1) is 12.8. The Morgan fingerprint density at radius 2 is 2.00 bits per heavy atom. The van der Waals surface area contributed by atoms with Crippen LogP contribution in [0.5, 0.6) is 0 Å². The van der Waals surface area contributed by atoms with Gasteiger partial charge in [-0.1, -0.05) is 11.6 Å². The molecule has 1 aromatic heterocycles. The van der Waals surface area contributed by atoms with E-state index in [2.05, 4.69) is 9.88 Å². The van der Waals surface area contributed by atoms with Gasteiger partial charge in [-0.2, -0.15) is 5.26 Å². The van der Waals surface area contributed by atoms with Gasteiger partial charge in [0.1, 0.15) is 11.9 Å². The first-order chi connectivity index (χ1) is 7.54. The third kappa shape index (κ3) is 3.37. The minimum atomic E-state index is 0.274. The summed E-state index contributed by atoms with van der Waals surface area (Å²) in [5, 5.41) is 9.21. The summed E-state index contributed by atoms with van der Waals surface area (Å²) < 4.78 is 0. The van der Waals surface area contributed by atoms with Crippen molar-refractivity contribution >= 4 is 17.4 Å². The molecule has 0 atom stereocenters. The van der Waals surface area contributed by atoms with Crippen molar-refractivity contribution in [2.24, 2.45) is 0 Å². The maximum atomic E-state index is 8.82. The molecule has 0 spiro atoms. The van der Waals surface area contributed by atoms with Gasteiger partial charge >= 0.3 is 0 Å². The topological polar surface area (TPSA) is 43.2 Å². The van der Waals surface area contributed by atoms with Crippen LogP contribution in [0.1, 0.15) is 5.69 Å². The van der Waals surface area contributed by atoms with Crippen molar-refractivity contribution in [3.63, 3.8) is 0 Å². The maximum absolute atomic E-state index is 8.82. The molecule has 4 nitrogen and oxygen atoms in total. The summed E-state index contributed by atoms with van der Waals surface area (Å²) in [6.07, 6.45) is 0. The Morgan fingerprint density at radius 3 is 2.56 bits per heavy atom. The molecule has 1 aromatic rings. The highest BCUT2D eigenvalue weighted by molar-refractivity contribution is 6.31. The fraction of sp³-hybridized carbons (Fsp3) is 0.455. The second-order valence-corrected chi connectivity index (χ2v) is 4.24. The molecule has 0 aliphatic rings. The number of nitriles is 1. The van der Waals surface area contributed by atoms with Crippen LogP contribution in [0.3, 0.4) is 0 Å². The van der Waals surface area contributed by atoms with E-state index in [1.54, 1.807) is 6.07 Å². The molecule has 0 saturated carbocycles. The molecule has 0 radical (unpaired) electrons. The number of pyridine rings is 1. The van der Waals surface area contributed by atoms with Crippen LogP contribution in [0.4, 0.5) is 5.82 Å². The minimum Gasteiger partial charge on any atom is -0.358 e. The lowest BCUT2D eigenvalue weighted by Gasteiger charge is -2.20. The summed E-state index contributed by atoms with van der Waals surface area (Å²) in [5.74, 6) is 0.766. The molecule has 0 bridgehead atoms. The van der Waals surface area contributed by atoms with Gasteiger partial charge in [-0.05, 0) is 26.2 Å². The van der Waals surface area contributed by atoms with Crippen LogP contribution in [0.25, 0.3) is 0 Å². The third-order valence-corrected chi connectivity index (χ3v) is 2.52. The quantitative estimate of drug-likeness (QED) is 0.799. The zero-order valence-electron chi connectivity index (χ0n) is 9.74. The Morgan fingerprint density at radius 1 is 1.31 bits per heavy atom. The van der Waals surface area contributed by atoms with Gasteiger partial charge in [0.05, 0.1) is 5.02 Å². The predicted octanol–water partition coefficient (Wildman–Crippen LogP) is 1.60. The number of hydrogen-bond donors (Lipinski definition) is 0. The van der Waals surface area contributed by atoms with Crippen LogP contribution in [0.15, 0.2) is 12.1 Å². The van der Waals surface area contributed by atoms with Crippen LogP contribution in [0, 0.1) is 11.3 Å². The number of halogens is 1. The molecular formula is C11H15ClN4. The summed E-state index contributed by atoms with van der Waals surface area (Å²) in [6.45, 7) is 1.79. The number of anilines is 1. The Bertz CT molecular complexity index is 397. The first-order valence-corrected chi connectivity index (χ1v) is 5.35. The van der Waals surface area contributed by atoms with E-state index in [4.69, 9.17) is 16.9 Å². The van der Waals surface area contributed by atoms with Crippen LogP contribution in [0.2, 0.25) is 5.02 Å². The lowest BCUT2D eigenvalue weighted by molar-refractivity contribution is 0.416. The lowest BCUT2D eigenvalue weighted by atomic mass is 10.3. The third-order valence-electron chi connectivity index (χ3n) is 2.21. The van der Waals surface area contributed by atoms with Crippen molar-refractivity contribution in [1.82, 2.24) is 9.88 Å². The molecular weight excluding hydrogens is 224 g/mol. The minimum absolute atomic E-state index is 0.274. The van der Waals surface area contributed by atoms with Gasteiger partial charge in [0.15, 0.2) is 5.69 Å². The maximum Gasteiger partial charge on any atom is 0.161 e. The standard InChI is InChI=1S/C11H15ClN4/c1-15(2)6-7-16(3)11-5-4-9(12)10(8-13)14-11/h4-5H,6-7H2,1-3H3. The summed E-state index contributed by atoms with van der Waals surface area (Å²) in [7, 11) is 5.98. The average molecular weight is 239 g/mol. The Kier molecular flexibility index (Phi) is 4.53. The Hall–Kier alpha value is -1.31. The van der Waals surface area contributed by atoms with E-state index in [1.165, 1.54) is 0 Å². The molecule has 0 N–H and O–H groups in total. The van der Waals surface area contributed by atoms with Crippen molar-refractivity contribution in [2.45, 2.75) is 0 Å². The molecule has 16 heavy (non-hydrogen) atoms. The fourth-order valence-electron chi connectivity index (χ4n) is 1.19. The van der Waals surface area contributed by atoms with Gasteiger partial charge in [0.25, 0.3) is 0 Å². The highest BCUT2D eigenvalue weighted by Crippen LogP contribution is 2.17. The van der Waals surface area contributed by atoms with E-state index >= 15 is 0 Å². The summed E-state index contributed by atoms with van der Waals surface area (Å²) >= 11 is 5.82. The van der Waals surface area contributed by atoms with E-state index < -0.39 is 0 Å². The molecule has 0 unspecified atom stereocenters. The molecule has 0 aliphatic carbocycles. The van der Waals surface area contributed by atoms with E-state index in [0.29, 0.717) is 5.02 Å². The summed E-state index contributed by atoms with van der Waals surface area (Å²) in [4.78, 5) is 8.28. The van der Waals surface area contributed by atoms with Crippen molar-refractivity contribution in [2.75, 3.05) is 39.1 Å². The lowest BCUT2D eigenvalue weighted by Crippen LogP contribution is -2.29. The Balaban J connectivity index is 2.77. The van der Waals surface area contributed by atoms with Crippen molar-refractivity contribution in [3.05, 3.63) is 22.8 Å². The molecule has 0 aromatic carbocycles. The average Bonchev–Trinajstić information content (AvgIpc) is 2.26. The summed E-state index contributed by atoms with van der Waals surface area (Å²) in [6, 6.07) is 5.50. The predicted molar refractivity (Wildman–Crippen MR) is 65.8 cm³/mol. The number of aromatic nitrogens is 1. The van der Waals surface area contributed by atoms with E-state index in [0.717, 1.165) is 18.9 Å². The van der Waals surface area contributed by atoms with E-state index in [1.807, 2.05) is 38.2 Å². The molecule has 86 valence electrons. The molecule has 0 aliphatic heterocycles. The van der Waals surface area contributed by atoms with E-state index in [9.17, 15) is 0 Å². The molecule has 0 amide bonds. The number of likely N-dealkylation sites (N-methyl/N-ethyl adjacent to an activating group) is 2. The van der Waals surface area contributed by atoms with Crippen molar-refractivity contribution < 1.29 is 0 Å². The highest BCUT2D eigenvalue weighted by Gasteiger charge is 2.07. The van der Waals surface area contributed by atoms with Crippen molar-refractivity contribution in [1.29, 1.82) is 5.26 Å². The zero-order valence-corrected chi connectivity index (χ0v) is 10.5. The van der Waals surface area contributed by atoms with Crippen LogP contribution >= 0.6 is 11.6 Å². The van der Waals surface area contributed by atoms with Gasteiger partial charge in [0, 0.05) is 20.1 Å². The SMILES string of the molecule is CN(C)CCN(C)c1ccc(Cl)c(C#N)n1. The normalized spacial score (nSPS) is 10.2. The van der Waals surface area contributed by atoms with Crippen molar-refractivity contribution in [3.8, 4) is 6.07 Å². The largest absolute Gasteiger partial charge is 0.358 e. The number of rotatable bonds is 4. The molecule has 1 heterocycles. The number of hydrogen-bond acceptors (Lipinski definition) is 4. The highest BCUT2D eigenvalue weighted by atomic mass is 35.5. The van der Waals surface area contributed by atoms with Crippen LogP contribution in [-0.2, 0) is 0 Å². The smallest absolute Gasteiger partial charge is 0.161 e. The molecule has 1 rings (SSSR count). The van der Waals surface area contributed by atoms with Crippen LogP contribution < -0.4 is 4.90 Å². The molecule has 5 heteroatoms. The van der Waals surface area contributed by atoms with Gasteiger partial charge in [-0.3, -0.25) is 0 Å². The zero-order chi connectivity index (χ0) is 12.1. The second kappa shape index (κ2) is 5.69. The van der Waals surface area contributed by atoms with Crippen LogP contribution in [-0.4, -0.2) is 44.1 Å². The molecule has 0 saturated heterocycles. The molecule has 0 fully saturated rings.